The van der Waals surface area contributed by atoms with Crippen LogP contribution in [-0.4, -0.2) is 100 Å². The van der Waals surface area contributed by atoms with Crippen LogP contribution < -0.4 is 10.6 Å². The van der Waals surface area contributed by atoms with Crippen molar-refractivity contribution in [2.75, 3.05) is 27.2 Å². The average Bonchev–Trinajstić information content (AvgIpc) is 3.64. The van der Waals surface area contributed by atoms with Gasteiger partial charge in [0.1, 0.15) is 6.04 Å². The van der Waals surface area contributed by atoms with Crippen LogP contribution in [0.3, 0.4) is 0 Å². The predicted octanol–water partition coefficient (Wildman–Crippen LogP) is 4.87. The van der Waals surface area contributed by atoms with E-state index in [1.54, 1.807) is 13.2 Å². The molecule has 284 valence electrons. The molecule has 3 rings (SSSR count). The number of carbonyl (C=O) groups excluding carboxylic acids is 4. The Balaban J connectivity index is 1.82. The van der Waals surface area contributed by atoms with Gasteiger partial charge in [-0.25, -0.2) is 9.78 Å². The van der Waals surface area contributed by atoms with Gasteiger partial charge in [-0.2, -0.15) is 0 Å². The van der Waals surface area contributed by atoms with Gasteiger partial charge in [-0.05, 0) is 42.6 Å². The minimum absolute atomic E-state index is 0.0903. The van der Waals surface area contributed by atoms with Crippen molar-refractivity contribution in [3.63, 3.8) is 0 Å². The lowest BCUT2D eigenvalue weighted by Crippen LogP contribution is -2.56. The topological polar surface area (TPSA) is 157 Å². The molecule has 12 nitrogen and oxygen atoms in total. The summed E-state index contributed by atoms with van der Waals surface area (Å²) in [5, 5.41) is 17.4. The van der Waals surface area contributed by atoms with Crippen LogP contribution in [0.25, 0.3) is 0 Å². The molecule has 4 N–H and O–H groups in total. The number of imidazole rings is 1. The number of aromatic nitrogens is 2. The van der Waals surface area contributed by atoms with Crippen LogP contribution in [-0.2, 0) is 32.0 Å². The Labute approximate surface area is 304 Å². The minimum atomic E-state index is -1.24. The van der Waals surface area contributed by atoms with Gasteiger partial charge in [-0.1, -0.05) is 90.1 Å². The van der Waals surface area contributed by atoms with Crippen LogP contribution in [0.2, 0.25) is 0 Å². The first-order chi connectivity index (χ1) is 24.3. The summed E-state index contributed by atoms with van der Waals surface area (Å²) in [7, 11) is 3.07. The third-order valence-electron chi connectivity index (χ3n) is 9.71. The number of H-pyrrole nitrogens is 1. The number of nitrogens with one attached hydrogen (secondary N) is 3. The zero-order valence-electron chi connectivity index (χ0n) is 31.6. The molecule has 12 heteroatoms. The van der Waals surface area contributed by atoms with Gasteiger partial charge >= 0.3 is 6.09 Å². The minimum Gasteiger partial charge on any atom is -0.436 e. The molecular weight excluding hydrogens is 648 g/mol. The average molecular weight is 711 g/mol. The van der Waals surface area contributed by atoms with Gasteiger partial charge in [0, 0.05) is 58.3 Å². The van der Waals surface area contributed by atoms with E-state index >= 15 is 0 Å². The molecule has 4 amide bonds. The summed E-state index contributed by atoms with van der Waals surface area (Å²) in [4.78, 5) is 64.0. The Morgan fingerprint density at radius 3 is 2.31 bits per heavy atom. The second-order valence-electron chi connectivity index (χ2n) is 15.1. The van der Waals surface area contributed by atoms with Crippen LogP contribution in [0, 0.1) is 17.8 Å². The number of aromatic amines is 1. The number of amides is 4. The number of rotatable bonds is 20. The molecule has 4 atom stereocenters. The largest absolute Gasteiger partial charge is 0.436 e. The number of aliphatic hydroxyl groups excluding tert-OH is 1. The van der Waals surface area contributed by atoms with Crippen molar-refractivity contribution in [3.05, 3.63) is 54.1 Å². The van der Waals surface area contributed by atoms with Crippen molar-refractivity contribution < 1.29 is 29.0 Å². The van der Waals surface area contributed by atoms with E-state index < -0.39 is 36.3 Å². The summed E-state index contributed by atoms with van der Waals surface area (Å²) < 4.78 is 5.84. The van der Waals surface area contributed by atoms with Crippen molar-refractivity contribution in [1.82, 2.24) is 30.4 Å². The van der Waals surface area contributed by atoms with Crippen LogP contribution in [0.4, 0.5) is 4.79 Å². The van der Waals surface area contributed by atoms with Crippen LogP contribution in [0.5, 0.6) is 0 Å². The highest BCUT2D eigenvalue weighted by molar-refractivity contribution is 5.90. The Bertz CT molecular complexity index is 1330. The van der Waals surface area contributed by atoms with Crippen molar-refractivity contribution in [3.8, 4) is 0 Å². The lowest BCUT2D eigenvalue weighted by molar-refractivity contribution is -0.146. The van der Waals surface area contributed by atoms with Crippen molar-refractivity contribution >= 4 is 23.8 Å². The molecule has 0 unspecified atom stereocenters. The summed E-state index contributed by atoms with van der Waals surface area (Å²) in [6.45, 7) is 8.88. The van der Waals surface area contributed by atoms with Gasteiger partial charge in [-0.3, -0.25) is 14.4 Å². The number of benzene rings is 1. The van der Waals surface area contributed by atoms with Gasteiger partial charge < -0.3 is 35.3 Å². The maximum Gasteiger partial charge on any atom is 0.410 e. The summed E-state index contributed by atoms with van der Waals surface area (Å²) >= 11 is 0. The molecular formula is C39H62N6O6. The molecule has 1 fully saturated rings. The molecule has 1 aliphatic rings. The van der Waals surface area contributed by atoms with Gasteiger partial charge in [0.25, 0.3) is 5.91 Å². The fourth-order valence-electron chi connectivity index (χ4n) is 6.46. The molecule has 0 aliphatic heterocycles. The molecule has 2 aromatic rings. The van der Waals surface area contributed by atoms with Crippen molar-refractivity contribution in [2.45, 2.75) is 123 Å². The fraction of sp³-hybridized carbons (Fsp3) is 0.667. The highest BCUT2D eigenvalue weighted by atomic mass is 16.6. The molecule has 51 heavy (non-hydrogen) atoms. The molecule has 1 aromatic carbocycles. The Morgan fingerprint density at radius 2 is 1.69 bits per heavy atom. The molecule has 1 aliphatic carbocycles. The fourth-order valence-corrected chi connectivity index (χ4v) is 6.46. The molecule has 0 radical (unpaired) electrons. The van der Waals surface area contributed by atoms with Crippen LogP contribution >= 0.6 is 0 Å². The summed E-state index contributed by atoms with van der Waals surface area (Å²) in [6, 6.07) is 7.80. The normalized spacial score (nSPS) is 15.9. The first kappa shape index (κ1) is 41.5. The number of likely N-dealkylation sites (N-methyl/N-ethyl adjacent to an activating group) is 1. The molecule has 0 saturated heterocycles. The first-order valence-corrected chi connectivity index (χ1v) is 18.8. The quantitative estimate of drug-likeness (QED) is 0.153. The predicted molar refractivity (Wildman–Crippen MR) is 198 cm³/mol. The summed E-state index contributed by atoms with van der Waals surface area (Å²) in [5.74, 6) is 0.0151. The van der Waals surface area contributed by atoms with E-state index in [1.807, 2.05) is 44.2 Å². The lowest BCUT2D eigenvalue weighted by Gasteiger charge is -2.34. The SMILES string of the molecule is CC(C)CC[C@H](O)[C@H](CC1CCCCC1)NC(=O)[C@H](Cc1cnc[nH]1)N(C)C(=O)[C@H](Cc1ccccc1)OC(=O)N(C)CCC(=O)NCC(C)C. The molecule has 1 saturated carbocycles. The van der Waals surface area contributed by atoms with Crippen molar-refractivity contribution in [1.29, 1.82) is 0 Å². The standard InChI is InChI=1S/C39H62N6O6/c1-27(2)17-18-34(46)32(21-29-13-9-7-10-14-29)43-37(48)33(23-31-25-40-26-42-31)45(6)38(49)35(22-30-15-11-8-12-16-30)51-39(50)44(5)20-19-36(47)41-24-28(3)4/h8,11-12,15-16,25-29,32-35,46H,7,9-10,13-14,17-24H2,1-6H3,(H,40,42)(H,41,47)(H,43,48)/t32-,33-,34-,35-/m0/s1. The summed E-state index contributed by atoms with van der Waals surface area (Å²) in [5.41, 5.74) is 1.44. The molecule has 1 heterocycles. The van der Waals surface area contributed by atoms with Crippen LogP contribution in [0.15, 0.2) is 42.9 Å². The summed E-state index contributed by atoms with van der Waals surface area (Å²) in [6.07, 6.45) is 8.48. The molecule has 1 aromatic heterocycles. The van der Waals surface area contributed by atoms with Gasteiger partial charge in [-0.15, -0.1) is 0 Å². The highest BCUT2D eigenvalue weighted by Crippen LogP contribution is 2.29. The van der Waals surface area contributed by atoms with E-state index in [0.717, 1.165) is 37.7 Å². The number of hydrogen-bond donors (Lipinski definition) is 4. The van der Waals surface area contributed by atoms with E-state index in [0.29, 0.717) is 42.8 Å². The number of hydrogen-bond acceptors (Lipinski definition) is 7. The van der Waals surface area contributed by atoms with Crippen LogP contribution in [0.1, 0.15) is 96.7 Å². The number of carbonyl (C=O) groups is 4. The van der Waals surface area contributed by atoms with E-state index in [1.165, 1.54) is 29.6 Å². The second kappa shape index (κ2) is 21.4. The van der Waals surface area contributed by atoms with E-state index in [4.69, 9.17) is 4.74 Å². The Hall–Kier alpha value is -3.93. The van der Waals surface area contributed by atoms with Gasteiger partial charge in [0.2, 0.25) is 11.8 Å². The van der Waals surface area contributed by atoms with E-state index in [9.17, 15) is 24.3 Å². The number of ether oxygens (including phenoxy) is 1. The van der Waals surface area contributed by atoms with E-state index in [-0.39, 0.29) is 37.6 Å². The first-order valence-electron chi connectivity index (χ1n) is 18.8. The maximum atomic E-state index is 14.3. The second-order valence-corrected chi connectivity index (χ2v) is 15.1. The zero-order chi connectivity index (χ0) is 37.3. The zero-order valence-corrected chi connectivity index (χ0v) is 31.6. The van der Waals surface area contributed by atoms with Gasteiger partial charge in [0.15, 0.2) is 6.10 Å². The smallest absolute Gasteiger partial charge is 0.410 e. The third kappa shape index (κ3) is 14.7. The van der Waals surface area contributed by atoms with Gasteiger partial charge in [0.05, 0.1) is 18.5 Å². The maximum absolute atomic E-state index is 14.3. The monoisotopic (exact) mass is 710 g/mol. The Kier molecular flexibility index (Phi) is 17.4. The third-order valence-corrected chi connectivity index (χ3v) is 9.71. The number of nitrogens with zero attached hydrogens (tertiary/aromatic N) is 3. The van der Waals surface area contributed by atoms with Crippen molar-refractivity contribution in [2.24, 2.45) is 17.8 Å². The molecule has 0 spiro atoms. The Morgan fingerprint density at radius 1 is 0.980 bits per heavy atom. The highest BCUT2D eigenvalue weighted by Gasteiger charge is 2.36. The lowest BCUT2D eigenvalue weighted by atomic mass is 9.83. The molecule has 0 bridgehead atoms. The number of aliphatic hydroxyl groups is 1. The van der Waals surface area contributed by atoms with E-state index in [2.05, 4.69) is 34.4 Å².